The van der Waals surface area contributed by atoms with Gasteiger partial charge in [0.2, 0.25) is 21.8 Å². The summed E-state index contributed by atoms with van der Waals surface area (Å²) in [6.07, 6.45) is 1.34. The number of piperidine rings is 1. The van der Waals surface area contributed by atoms with Gasteiger partial charge in [-0.25, -0.2) is 13.1 Å². The molecule has 0 atom stereocenters. The van der Waals surface area contributed by atoms with Crippen LogP contribution in [0.15, 0.2) is 45.5 Å². The first-order chi connectivity index (χ1) is 19.0. The lowest BCUT2D eigenvalue weighted by atomic mass is 9.78. The first kappa shape index (κ1) is 30.5. The molecule has 14 heteroatoms. The summed E-state index contributed by atoms with van der Waals surface area (Å²) in [6, 6.07) is 7.26. The Morgan fingerprint density at radius 1 is 1.00 bits per heavy atom. The third kappa shape index (κ3) is 6.72. The number of hydrogen-bond acceptors (Lipinski definition) is 10. The van der Waals surface area contributed by atoms with Crippen LogP contribution < -0.4 is 15.4 Å². The zero-order chi connectivity index (χ0) is 30.3. The molecule has 41 heavy (non-hydrogen) atoms. The van der Waals surface area contributed by atoms with E-state index in [0.717, 1.165) is 11.5 Å². The Labute approximate surface area is 243 Å². The molecule has 1 aliphatic heterocycles. The van der Waals surface area contributed by atoms with Gasteiger partial charge in [0, 0.05) is 36.4 Å². The number of likely N-dealkylation sites (tertiary alicyclic amines) is 1. The number of nitrogens with zero attached hydrogens (tertiary/aromatic N) is 4. The highest BCUT2D eigenvalue weighted by atomic mass is 32.2. The number of rotatable bonds is 7. The first-order valence-corrected chi connectivity index (χ1v) is 15.2. The lowest BCUT2D eigenvalue weighted by molar-refractivity contribution is -0.115. The highest BCUT2D eigenvalue weighted by molar-refractivity contribution is 7.89. The van der Waals surface area contributed by atoms with Crippen LogP contribution in [-0.2, 0) is 19.6 Å². The number of carbonyl (C=O) groups is 2. The van der Waals surface area contributed by atoms with Crippen molar-refractivity contribution in [1.82, 2.24) is 14.0 Å². The zero-order valence-corrected chi connectivity index (χ0v) is 25.7. The van der Waals surface area contributed by atoms with Gasteiger partial charge >= 0.3 is 0 Å². The van der Waals surface area contributed by atoms with Gasteiger partial charge in [-0.1, -0.05) is 0 Å². The van der Waals surface area contributed by atoms with E-state index in [4.69, 9.17) is 0 Å². The maximum absolute atomic E-state index is 13.5. The van der Waals surface area contributed by atoms with Gasteiger partial charge in [0.25, 0.3) is 0 Å². The number of phenolic OH excluding ortho intramolecular Hbond substituents is 1. The van der Waals surface area contributed by atoms with E-state index in [1.807, 2.05) is 0 Å². The lowest BCUT2D eigenvalue weighted by Crippen LogP contribution is -2.62. The van der Waals surface area contributed by atoms with E-state index in [9.17, 15) is 23.1 Å². The molecule has 1 fully saturated rings. The third-order valence-corrected chi connectivity index (χ3v) is 9.62. The molecule has 0 radical (unpaired) electrons. The van der Waals surface area contributed by atoms with Gasteiger partial charge in [0.15, 0.2) is 10.8 Å². The second kappa shape index (κ2) is 11.1. The van der Waals surface area contributed by atoms with Crippen molar-refractivity contribution in [2.24, 2.45) is 10.2 Å². The quantitative estimate of drug-likeness (QED) is 0.212. The minimum Gasteiger partial charge on any atom is -0.504 e. The van der Waals surface area contributed by atoms with Crippen LogP contribution in [0.5, 0.6) is 5.75 Å². The van der Waals surface area contributed by atoms with Crippen LogP contribution in [0.25, 0.3) is 10.9 Å². The van der Waals surface area contributed by atoms with Crippen LogP contribution >= 0.6 is 11.5 Å². The number of carbonyl (C=O) groups excluding carboxylic acids is 2. The average molecular weight is 602 g/mol. The predicted molar refractivity (Wildman–Crippen MR) is 160 cm³/mol. The van der Waals surface area contributed by atoms with Gasteiger partial charge in [-0.05, 0) is 89.4 Å². The zero-order valence-electron chi connectivity index (χ0n) is 24.1. The minimum atomic E-state index is -3.84. The molecule has 2 aromatic carbocycles. The van der Waals surface area contributed by atoms with E-state index in [0.29, 0.717) is 28.7 Å². The summed E-state index contributed by atoms with van der Waals surface area (Å²) in [5.41, 5.74) is 0.524. The van der Waals surface area contributed by atoms with E-state index >= 15 is 0 Å². The largest absolute Gasteiger partial charge is 0.504 e. The maximum atomic E-state index is 13.5. The topological polar surface area (TPSA) is 165 Å². The second-order valence-corrected chi connectivity index (χ2v) is 14.0. The molecule has 0 bridgehead atoms. The van der Waals surface area contributed by atoms with Crippen LogP contribution in [0.3, 0.4) is 0 Å². The molecule has 1 aliphatic rings. The second-order valence-electron chi connectivity index (χ2n) is 11.5. The molecular formula is C27H35N7O5S2. The number of anilines is 2. The van der Waals surface area contributed by atoms with E-state index in [1.165, 1.54) is 38.1 Å². The molecule has 3 aromatic rings. The SMILES string of the molecule is CC(=O)Nc1cc(N=Nc2snc3ccc(S(=O)(=O)NC4CC(C)(C)N(C)C(C)(C)C4)cc23)cc(NC(C)=O)c1O. The number of amides is 2. The van der Waals surface area contributed by atoms with Crippen LogP contribution in [-0.4, -0.2) is 58.8 Å². The number of aromatic hydroxyl groups is 1. The monoisotopic (exact) mass is 601 g/mol. The van der Waals surface area contributed by atoms with Gasteiger partial charge in [-0.15, -0.1) is 10.2 Å². The molecule has 2 heterocycles. The van der Waals surface area contributed by atoms with E-state index in [2.05, 4.69) is 69.6 Å². The Balaban J connectivity index is 1.64. The fraction of sp³-hybridized carbons (Fsp3) is 0.444. The minimum absolute atomic E-state index is 0.0478. The summed E-state index contributed by atoms with van der Waals surface area (Å²) in [6.45, 7) is 11.0. The van der Waals surface area contributed by atoms with E-state index in [-0.39, 0.29) is 44.8 Å². The molecule has 2 amide bonds. The Hall–Kier alpha value is -3.46. The van der Waals surface area contributed by atoms with Crippen molar-refractivity contribution >= 4 is 66.3 Å². The summed E-state index contributed by atoms with van der Waals surface area (Å²) in [4.78, 5) is 25.6. The number of nitrogens with one attached hydrogen (secondary N) is 3. The highest BCUT2D eigenvalue weighted by Crippen LogP contribution is 2.40. The van der Waals surface area contributed by atoms with Gasteiger partial charge < -0.3 is 15.7 Å². The average Bonchev–Trinajstić information content (AvgIpc) is 3.25. The Kier molecular flexibility index (Phi) is 8.24. The molecule has 0 unspecified atom stereocenters. The summed E-state index contributed by atoms with van der Waals surface area (Å²) in [7, 11) is -1.77. The Bertz CT molecular complexity index is 1590. The number of aromatic nitrogens is 1. The van der Waals surface area contributed by atoms with Crippen molar-refractivity contribution in [3.63, 3.8) is 0 Å². The molecule has 4 N–H and O–H groups in total. The standard InChI is InChI=1S/C27H35N7O5S2/c1-15(35)28-22-10-17(11-23(24(22)37)29-16(2)36)30-31-25-20-12-19(8-9-21(20)32-40-25)41(38,39)33-18-13-26(3,4)34(7)27(5,6)14-18/h8-12,18,33,37H,13-14H2,1-7H3,(H,28,35)(H,29,36). The lowest BCUT2D eigenvalue weighted by Gasteiger charge is -2.53. The summed E-state index contributed by atoms with van der Waals surface area (Å²) >= 11 is 1.05. The van der Waals surface area contributed by atoms with Crippen molar-refractivity contribution in [2.75, 3.05) is 17.7 Å². The highest BCUT2D eigenvalue weighted by Gasteiger charge is 2.44. The number of benzene rings is 2. The summed E-state index contributed by atoms with van der Waals surface area (Å²) < 4.78 is 34.2. The smallest absolute Gasteiger partial charge is 0.240 e. The number of azo groups is 1. The molecule has 1 aromatic heterocycles. The maximum Gasteiger partial charge on any atom is 0.240 e. The van der Waals surface area contributed by atoms with E-state index in [1.54, 1.807) is 6.07 Å². The van der Waals surface area contributed by atoms with Crippen molar-refractivity contribution < 1.29 is 23.1 Å². The Morgan fingerprint density at radius 2 is 1.56 bits per heavy atom. The van der Waals surface area contributed by atoms with Crippen molar-refractivity contribution in [3.05, 3.63) is 30.3 Å². The van der Waals surface area contributed by atoms with Crippen LogP contribution in [0.4, 0.5) is 22.1 Å². The van der Waals surface area contributed by atoms with Gasteiger partial charge in [0.05, 0.1) is 27.5 Å². The first-order valence-electron chi connectivity index (χ1n) is 13.0. The van der Waals surface area contributed by atoms with Crippen LogP contribution in [0.2, 0.25) is 0 Å². The van der Waals surface area contributed by atoms with Gasteiger partial charge in [0.1, 0.15) is 0 Å². The molecule has 0 saturated carbocycles. The van der Waals surface area contributed by atoms with Crippen LogP contribution in [0.1, 0.15) is 54.4 Å². The number of fused-ring (bicyclic) bond motifs is 1. The molecule has 0 aliphatic carbocycles. The van der Waals surface area contributed by atoms with Crippen molar-refractivity contribution in [1.29, 1.82) is 0 Å². The summed E-state index contributed by atoms with van der Waals surface area (Å²) in [5.74, 6) is -1.17. The normalized spacial score (nSPS) is 17.6. The molecule has 4 rings (SSSR count). The third-order valence-electron chi connectivity index (χ3n) is 7.34. The van der Waals surface area contributed by atoms with Gasteiger partial charge in [-0.2, -0.15) is 4.37 Å². The Morgan fingerprint density at radius 3 is 2.10 bits per heavy atom. The molecule has 1 saturated heterocycles. The fourth-order valence-electron chi connectivity index (χ4n) is 5.24. The molecular weight excluding hydrogens is 566 g/mol. The van der Waals surface area contributed by atoms with Crippen molar-refractivity contribution in [3.8, 4) is 5.75 Å². The molecule has 220 valence electrons. The number of hydrogen-bond donors (Lipinski definition) is 4. The van der Waals surface area contributed by atoms with Crippen LogP contribution in [0, 0.1) is 0 Å². The molecule has 0 spiro atoms. The summed E-state index contributed by atoms with van der Waals surface area (Å²) in [5, 5.41) is 24.8. The predicted octanol–water partition coefficient (Wildman–Crippen LogP) is 5.26. The molecule has 12 nitrogen and oxygen atoms in total. The number of phenols is 1. The van der Waals surface area contributed by atoms with Crippen molar-refractivity contribution in [2.45, 2.75) is 76.4 Å². The van der Waals surface area contributed by atoms with Gasteiger partial charge in [-0.3, -0.25) is 14.5 Å². The number of sulfonamides is 1. The van der Waals surface area contributed by atoms with E-state index < -0.39 is 21.8 Å². The fourth-order valence-corrected chi connectivity index (χ4v) is 7.18.